The Bertz CT molecular complexity index is 974. The van der Waals surface area contributed by atoms with Crippen molar-refractivity contribution in [2.24, 2.45) is 0 Å². The second-order valence-electron chi connectivity index (χ2n) is 7.23. The first-order valence-electron chi connectivity index (χ1n) is 9.73. The highest BCUT2D eigenvalue weighted by Crippen LogP contribution is 2.24. The molecule has 2 saturated heterocycles. The van der Waals surface area contributed by atoms with Gasteiger partial charge in [0.1, 0.15) is 22.3 Å². The number of halogens is 2. The van der Waals surface area contributed by atoms with Crippen LogP contribution in [0.1, 0.15) is 19.3 Å². The minimum absolute atomic E-state index is 0.168. The van der Waals surface area contributed by atoms with E-state index in [0.29, 0.717) is 19.0 Å². The van der Waals surface area contributed by atoms with Gasteiger partial charge in [-0.2, -0.15) is 9.29 Å². The Labute approximate surface area is 169 Å². The number of hydrogen-bond acceptors (Lipinski definition) is 6. The number of aromatic nitrogens is 2. The van der Waals surface area contributed by atoms with Crippen molar-refractivity contribution in [1.82, 2.24) is 14.3 Å². The van der Waals surface area contributed by atoms with Gasteiger partial charge < -0.3 is 9.80 Å². The van der Waals surface area contributed by atoms with Crippen LogP contribution in [0.15, 0.2) is 35.4 Å². The standard InChI is InChI=1S/C19H23F2N5O2S/c20-15-4-5-16(21)17(14-15)29(27,28)26-12-10-24(11-13-26)18-6-7-22-19(23-18)25-8-2-1-3-9-25/h4-7,14H,1-3,8-13H2. The number of hydrogen-bond donors (Lipinski definition) is 0. The van der Waals surface area contributed by atoms with Gasteiger partial charge in [-0.3, -0.25) is 0 Å². The molecule has 2 aliphatic rings. The Morgan fingerprint density at radius 1 is 0.862 bits per heavy atom. The molecule has 1 aromatic heterocycles. The minimum Gasteiger partial charge on any atom is -0.354 e. The van der Waals surface area contributed by atoms with E-state index in [0.717, 1.165) is 49.9 Å². The van der Waals surface area contributed by atoms with Crippen molar-refractivity contribution < 1.29 is 17.2 Å². The van der Waals surface area contributed by atoms with E-state index >= 15 is 0 Å². The Morgan fingerprint density at radius 3 is 2.31 bits per heavy atom. The predicted molar refractivity (Wildman–Crippen MR) is 105 cm³/mol. The van der Waals surface area contributed by atoms with Crippen LogP contribution in [-0.2, 0) is 10.0 Å². The zero-order valence-corrected chi connectivity index (χ0v) is 16.8. The largest absolute Gasteiger partial charge is 0.354 e. The highest BCUT2D eigenvalue weighted by atomic mass is 32.2. The summed E-state index contributed by atoms with van der Waals surface area (Å²) >= 11 is 0. The Balaban J connectivity index is 1.46. The van der Waals surface area contributed by atoms with E-state index in [-0.39, 0.29) is 13.1 Å². The summed E-state index contributed by atoms with van der Waals surface area (Å²) in [6, 6.07) is 4.28. The summed E-state index contributed by atoms with van der Waals surface area (Å²) in [5.41, 5.74) is 0. The van der Waals surface area contributed by atoms with Gasteiger partial charge in [0.2, 0.25) is 16.0 Å². The highest BCUT2D eigenvalue weighted by molar-refractivity contribution is 7.89. The molecule has 10 heteroatoms. The number of nitrogens with zero attached hydrogens (tertiary/aromatic N) is 5. The third-order valence-electron chi connectivity index (χ3n) is 5.34. The first kappa shape index (κ1) is 20.0. The van der Waals surface area contributed by atoms with Crippen molar-refractivity contribution >= 4 is 21.8 Å². The lowest BCUT2D eigenvalue weighted by molar-refractivity contribution is 0.381. The molecule has 0 N–H and O–H groups in total. The van der Waals surface area contributed by atoms with E-state index in [2.05, 4.69) is 14.9 Å². The molecule has 2 aromatic rings. The van der Waals surface area contributed by atoms with Gasteiger partial charge in [-0.05, 0) is 43.5 Å². The summed E-state index contributed by atoms with van der Waals surface area (Å²) in [4.78, 5) is 12.6. The molecule has 0 saturated carbocycles. The molecule has 2 fully saturated rings. The normalized spacial score (nSPS) is 18.8. The molecule has 4 rings (SSSR count). The molecule has 0 aliphatic carbocycles. The van der Waals surface area contributed by atoms with Crippen LogP contribution in [0.3, 0.4) is 0 Å². The highest BCUT2D eigenvalue weighted by Gasteiger charge is 2.31. The summed E-state index contributed by atoms with van der Waals surface area (Å²) in [5, 5.41) is 0. The van der Waals surface area contributed by atoms with Gasteiger partial charge in [-0.15, -0.1) is 0 Å². The fraction of sp³-hybridized carbons (Fsp3) is 0.474. The zero-order chi connectivity index (χ0) is 20.4. The third kappa shape index (κ3) is 4.18. The van der Waals surface area contributed by atoms with Crippen LogP contribution in [0, 0.1) is 11.6 Å². The van der Waals surface area contributed by atoms with Crippen LogP contribution in [-0.4, -0.2) is 62.0 Å². The van der Waals surface area contributed by atoms with Crippen LogP contribution >= 0.6 is 0 Å². The first-order chi connectivity index (χ1) is 13.9. The van der Waals surface area contributed by atoms with Crippen LogP contribution in [0.2, 0.25) is 0 Å². The lowest BCUT2D eigenvalue weighted by atomic mass is 10.1. The van der Waals surface area contributed by atoms with Crippen molar-refractivity contribution in [1.29, 1.82) is 0 Å². The molecule has 3 heterocycles. The van der Waals surface area contributed by atoms with E-state index < -0.39 is 26.6 Å². The minimum atomic E-state index is -4.10. The Kier molecular flexibility index (Phi) is 5.64. The van der Waals surface area contributed by atoms with E-state index in [1.165, 1.54) is 10.7 Å². The number of sulfonamides is 1. The lowest BCUT2D eigenvalue weighted by Gasteiger charge is -2.35. The Morgan fingerprint density at radius 2 is 1.59 bits per heavy atom. The van der Waals surface area contributed by atoms with E-state index in [9.17, 15) is 17.2 Å². The predicted octanol–water partition coefficient (Wildman–Crippen LogP) is 2.26. The molecule has 29 heavy (non-hydrogen) atoms. The second kappa shape index (κ2) is 8.19. The molecule has 0 atom stereocenters. The maximum atomic E-state index is 14.0. The van der Waals surface area contributed by atoms with Crippen molar-refractivity contribution in [2.75, 3.05) is 49.1 Å². The molecule has 1 aromatic carbocycles. The smallest absolute Gasteiger partial charge is 0.246 e. The average molecular weight is 423 g/mol. The van der Waals surface area contributed by atoms with Crippen molar-refractivity contribution in [3.05, 3.63) is 42.1 Å². The first-order valence-corrected chi connectivity index (χ1v) is 11.2. The van der Waals surface area contributed by atoms with Gasteiger partial charge in [0.15, 0.2) is 0 Å². The lowest BCUT2D eigenvalue weighted by Crippen LogP contribution is -2.49. The molecule has 0 unspecified atom stereocenters. The average Bonchev–Trinajstić information content (AvgIpc) is 2.76. The molecule has 156 valence electrons. The summed E-state index contributed by atoms with van der Waals surface area (Å²) in [5.74, 6) is -0.292. The van der Waals surface area contributed by atoms with Crippen LogP contribution in [0.4, 0.5) is 20.5 Å². The zero-order valence-electron chi connectivity index (χ0n) is 16.0. The van der Waals surface area contributed by atoms with E-state index in [4.69, 9.17) is 0 Å². The maximum Gasteiger partial charge on any atom is 0.246 e. The van der Waals surface area contributed by atoms with Crippen molar-refractivity contribution in [3.8, 4) is 0 Å². The molecular weight excluding hydrogens is 400 g/mol. The molecule has 0 spiro atoms. The van der Waals surface area contributed by atoms with Crippen LogP contribution < -0.4 is 9.80 Å². The molecule has 0 amide bonds. The fourth-order valence-corrected chi connectivity index (χ4v) is 5.23. The van der Waals surface area contributed by atoms with Crippen molar-refractivity contribution in [2.45, 2.75) is 24.2 Å². The number of benzene rings is 1. The molecule has 0 radical (unpaired) electrons. The summed E-state index contributed by atoms with van der Waals surface area (Å²) in [6.45, 7) is 3.03. The van der Waals surface area contributed by atoms with Crippen LogP contribution in [0.25, 0.3) is 0 Å². The molecule has 0 bridgehead atoms. The van der Waals surface area contributed by atoms with Gasteiger partial charge in [-0.25, -0.2) is 22.2 Å². The van der Waals surface area contributed by atoms with Gasteiger partial charge in [0.25, 0.3) is 0 Å². The summed E-state index contributed by atoms with van der Waals surface area (Å²) in [6.07, 6.45) is 5.19. The SMILES string of the molecule is O=S(=O)(c1cc(F)ccc1F)N1CCN(c2ccnc(N3CCCCC3)n2)CC1. The molecule has 7 nitrogen and oxygen atoms in total. The Hall–Kier alpha value is -2.33. The quantitative estimate of drug-likeness (QED) is 0.752. The number of rotatable bonds is 4. The number of piperidine rings is 1. The fourth-order valence-electron chi connectivity index (χ4n) is 3.73. The van der Waals surface area contributed by atoms with Crippen LogP contribution in [0.5, 0.6) is 0 Å². The monoisotopic (exact) mass is 423 g/mol. The topological polar surface area (TPSA) is 69.6 Å². The maximum absolute atomic E-state index is 14.0. The van der Waals surface area contributed by atoms with E-state index in [1.807, 2.05) is 11.0 Å². The van der Waals surface area contributed by atoms with Gasteiger partial charge >= 0.3 is 0 Å². The molecular formula is C19H23F2N5O2S. The van der Waals surface area contributed by atoms with E-state index in [1.54, 1.807) is 6.20 Å². The number of anilines is 2. The third-order valence-corrected chi connectivity index (χ3v) is 7.25. The van der Waals surface area contributed by atoms with Gasteiger partial charge in [0, 0.05) is 45.5 Å². The van der Waals surface area contributed by atoms with Gasteiger partial charge in [-0.1, -0.05) is 0 Å². The summed E-state index contributed by atoms with van der Waals surface area (Å²) in [7, 11) is -4.10. The van der Waals surface area contributed by atoms with Gasteiger partial charge in [0.05, 0.1) is 0 Å². The number of piperazine rings is 1. The molecule has 2 aliphatic heterocycles. The second-order valence-corrected chi connectivity index (χ2v) is 9.13. The van der Waals surface area contributed by atoms with Crippen molar-refractivity contribution in [3.63, 3.8) is 0 Å². The summed E-state index contributed by atoms with van der Waals surface area (Å²) < 4.78 is 54.1.